The average Bonchev–Trinajstić information content (AvgIpc) is 3.25. The molecule has 1 fully saturated rings. The number of ether oxygens (including phenoxy) is 6. The molecule has 50 heavy (non-hydrogen) atoms. The molecule has 0 spiro atoms. The standard InChI is InChI=1S/C37H51N3O10/c1-21(41)40-27-12-10-22-16-30(45-7)34(46-8)35(47-9)33(22)25-11-13-28(29(42)19-26(25)27)39-20-31(43)38-15-14-23-17-24(49-37(5,6)48-23)18-32(44)50-36(2,3)4/h11,13,16,19,23-24,27H,10,12,14-15,17-18,20H2,1-9H3,(H,38,43)(H,39,42)(H,40,41). The molecule has 274 valence electrons. The summed E-state index contributed by atoms with van der Waals surface area (Å²) >= 11 is 0. The van der Waals surface area contributed by atoms with Crippen molar-refractivity contribution < 1.29 is 42.8 Å². The Morgan fingerprint density at radius 3 is 2.32 bits per heavy atom. The summed E-state index contributed by atoms with van der Waals surface area (Å²) in [5.74, 6) is -0.399. The number of benzene rings is 1. The maximum absolute atomic E-state index is 13.6. The van der Waals surface area contributed by atoms with Crippen LogP contribution in [-0.2, 0) is 35.0 Å². The Hall–Kier alpha value is -4.36. The molecule has 3 unspecified atom stereocenters. The fourth-order valence-corrected chi connectivity index (χ4v) is 6.56. The highest BCUT2D eigenvalue weighted by molar-refractivity contribution is 5.84. The number of anilines is 1. The molecular formula is C37H51N3O10. The molecule has 2 aromatic rings. The van der Waals surface area contributed by atoms with E-state index in [2.05, 4.69) is 16.0 Å². The monoisotopic (exact) mass is 697 g/mol. The van der Waals surface area contributed by atoms with Crippen LogP contribution in [0.3, 0.4) is 0 Å². The first kappa shape index (κ1) is 38.4. The van der Waals surface area contributed by atoms with Gasteiger partial charge in [-0.3, -0.25) is 19.2 Å². The van der Waals surface area contributed by atoms with Gasteiger partial charge in [0.2, 0.25) is 23.0 Å². The lowest BCUT2D eigenvalue weighted by Gasteiger charge is -2.40. The van der Waals surface area contributed by atoms with Gasteiger partial charge in [0, 0.05) is 25.5 Å². The highest BCUT2D eigenvalue weighted by Crippen LogP contribution is 2.50. The summed E-state index contributed by atoms with van der Waals surface area (Å²) in [4.78, 5) is 51.1. The first-order chi connectivity index (χ1) is 23.5. The summed E-state index contributed by atoms with van der Waals surface area (Å²) < 4.78 is 34.5. The number of hydrogen-bond donors (Lipinski definition) is 3. The van der Waals surface area contributed by atoms with Crippen molar-refractivity contribution >= 4 is 23.5 Å². The highest BCUT2D eigenvalue weighted by Gasteiger charge is 2.37. The number of esters is 1. The van der Waals surface area contributed by atoms with Gasteiger partial charge in [0.15, 0.2) is 17.3 Å². The van der Waals surface area contributed by atoms with E-state index in [0.717, 1.165) is 11.1 Å². The van der Waals surface area contributed by atoms with E-state index < -0.39 is 17.4 Å². The maximum Gasteiger partial charge on any atom is 0.308 e. The van der Waals surface area contributed by atoms with Gasteiger partial charge >= 0.3 is 5.97 Å². The molecule has 2 aromatic carbocycles. The number of fused-ring (bicyclic) bond motifs is 3. The Balaban J connectivity index is 1.48. The van der Waals surface area contributed by atoms with Crippen LogP contribution >= 0.6 is 0 Å². The van der Waals surface area contributed by atoms with Crippen LogP contribution in [0.5, 0.6) is 17.2 Å². The van der Waals surface area contributed by atoms with Crippen molar-refractivity contribution in [1.82, 2.24) is 10.6 Å². The third-order valence-electron chi connectivity index (χ3n) is 8.38. The van der Waals surface area contributed by atoms with Crippen LogP contribution in [0, 0.1) is 0 Å². The number of rotatable bonds is 12. The van der Waals surface area contributed by atoms with Crippen molar-refractivity contribution in [2.45, 2.75) is 103 Å². The Labute approximate surface area is 293 Å². The molecule has 2 aliphatic rings. The Kier molecular flexibility index (Phi) is 12.4. The van der Waals surface area contributed by atoms with Gasteiger partial charge in [-0.1, -0.05) is 6.07 Å². The summed E-state index contributed by atoms with van der Waals surface area (Å²) in [5, 5.41) is 8.85. The van der Waals surface area contributed by atoms with Crippen LogP contribution in [0.15, 0.2) is 29.1 Å². The highest BCUT2D eigenvalue weighted by atomic mass is 16.7. The normalized spacial score (nSPS) is 19.5. The zero-order chi connectivity index (χ0) is 36.8. The van der Waals surface area contributed by atoms with Crippen LogP contribution in [0.1, 0.15) is 84.4 Å². The molecule has 1 aliphatic heterocycles. The molecule has 1 saturated heterocycles. The molecule has 1 aliphatic carbocycles. The zero-order valence-electron chi connectivity index (χ0n) is 30.6. The lowest BCUT2D eigenvalue weighted by atomic mass is 9.95. The third-order valence-corrected chi connectivity index (χ3v) is 8.38. The number of carbonyl (C=O) groups excluding carboxylic acids is 3. The van der Waals surface area contributed by atoms with Crippen LogP contribution < -0.4 is 35.6 Å². The smallest absolute Gasteiger partial charge is 0.308 e. The van der Waals surface area contributed by atoms with Crippen LogP contribution in [0.2, 0.25) is 0 Å². The second-order valence-corrected chi connectivity index (χ2v) is 14.0. The average molecular weight is 698 g/mol. The first-order valence-electron chi connectivity index (χ1n) is 16.9. The molecule has 1 heterocycles. The number of amides is 2. The topological polar surface area (TPSA) is 160 Å². The molecule has 13 nitrogen and oxygen atoms in total. The second-order valence-electron chi connectivity index (χ2n) is 14.0. The van der Waals surface area contributed by atoms with Crippen LogP contribution in [0.4, 0.5) is 5.69 Å². The summed E-state index contributed by atoms with van der Waals surface area (Å²) in [7, 11) is 4.62. The van der Waals surface area contributed by atoms with E-state index in [0.29, 0.717) is 60.6 Å². The van der Waals surface area contributed by atoms with E-state index in [4.69, 9.17) is 28.4 Å². The Bertz CT molecular complexity index is 1630. The SMILES string of the molecule is COc1cc2c(c(OC)c1OC)-c1ccc(NCC(=O)NCCC3CC(CC(=O)OC(C)(C)C)OC(C)(C)O3)c(=O)cc1C(NC(C)=O)CC2. The molecule has 3 atom stereocenters. The summed E-state index contributed by atoms with van der Waals surface area (Å²) in [5.41, 5.74) is 2.24. The van der Waals surface area contributed by atoms with Gasteiger partial charge in [0.1, 0.15) is 5.60 Å². The summed E-state index contributed by atoms with van der Waals surface area (Å²) in [6.45, 7) is 10.7. The minimum absolute atomic E-state index is 0.109. The van der Waals surface area contributed by atoms with E-state index in [9.17, 15) is 19.2 Å². The fourth-order valence-electron chi connectivity index (χ4n) is 6.56. The van der Waals surface area contributed by atoms with E-state index in [1.54, 1.807) is 40.2 Å². The van der Waals surface area contributed by atoms with E-state index in [1.165, 1.54) is 20.1 Å². The summed E-state index contributed by atoms with van der Waals surface area (Å²) in [6.07, 6.45) is 1.58. The fraction of sp³-hybridized carbons (Fsp3) is 0.568. The number of aryl methyl sites for hydroxylation is 1. The van der Waals surface area contributed by atoms with Gasteiger partial charge in [-0.25, -0.2) is 0 Å². The van der Waals surface area contributed by atoms with E-state index >= 15 is 0 Å². The van der Waals surface area contributed by atoms with Crippen molar-refractivity contribution in [2.75, 3.05) is 39.7 Å². The lowest BCUT2D eigenvalue weighted by molar-refractivity contribution is -0.300. The predicted octanol–water partition coefficient (Wildman–Crippen LogP) is 4.42. The van der Waals surface area contributed by atoms with Gasteiger partial charge in [-0.05, 0) is 88.8 Å². The zero-order valence-corrected chi connectivity index (χ0v) is 30.6. The van der Waals surface area contributed by atoms with Crippen LogP contribution in [0.25, 0.3) is 11.1 Å². The van der Waals surface area contributed by atoms with Gasteiger partial charge in [0.25, 0.3) is 0 Å². The molecule has 13 heteroatoms. The molecule has 0 bridgehead atoms. The van der Waals surface area contributed by atoms with E-state index in [1.807, 2.05) is 26.8 Å². The first-order valence-corrected chi connectivity index (χ1v) is 16.9. The van der Waals surface area contributed by atoms with Crippen molar-refractivity contribution in [3.05, 3.63) is 45.6 Å². The summed E-state index contributed by atoms with van der Waals surface area (Å²) in [6, 6.07) is 6.36. The molecule has 0 aromatic heterocycles. The number of methoxy groups -OCH3 is 3. The predicted molar refractivity (Wildman–Crippen MR) is 188 cm³/mol. The van der Waals surface area contributed by atoms with Crippen LogP contribution in [-0.4, -0.2) is 75.8 Å². The number of hydrogen-bond acceptors (Lipinski definition) is 11. The number of carbonyl (C=O) groups is 3. The molecule has 2 amide bonds. The molecule has 0 radical (unpaired) electrons. The van der Waals surface area contributed by atoms with Gasteiger partial charge in [0.05, 0.1) is 58.2 Å². The minimum Gasteiger partial charge on any atom is -0.493 e. The van der Waals surface area contributed by atoms with Gasteiger partial charge in [-0.2, -0.15) is 0 Å². The minimum atomic E-state index is -0.895. The van der Waals surface area contributed by atoms with Crippen molar-refractivity contribution in [3.63, 3.8) is 0 Å². The maximum atomic E-state index is 13.6. The number of nitrogens with one attached hydrogen (secondary N) is 3. The van der Waals surface area contributed by atoms with E-state index in [-0.39, 0.29) is 54.1 Å². The van der Waals surface area contributed by atoms with Gasteiger partial charge < -0.3 is 44.4 Å². The molecule has 4 rings (SSSR count). The lowest BCUT2D eigenvalue weighted by Crippen LogP contribution is -2.46. The van der Waals surface area contributed by atoms with Crippen molar-refractivity contribution in [1.29, 1.82) is 0 Å². The van der Waals surface area contributed by atoms with Crippen molar-refractivity contribution in [3.8, 4) is 28.4 Å². The van der Waals surface area contributed by atoms with Gasteiger partial charge in [-0.15, -0.1) is 0 Å². The Morgan fingerprint density at radius 1 is 0.980 bits per heavy atom. The largest absolute Gasteiger partial charge is 0.493 e. The van der Waals surface area contributed by atoms with Crippen molar-refractivity contribution in [2.24, 2.45) is 0 Å². The third kappa shape index (κ3) is 9.87. The molecule has 0 saturated carbocycles. The molecule has 3 N–H and O–H groups in total. The molecular weight excluding hydrogens is 646 g/mol. The quantitative estimate of drug-likeness (QED) is 0.270. The Morgan fingerprint density at radius 2 is 1.68 bits per heavy atom. The second kappa shape index (κ2) is 16.1.